The van der Waals surface area contributed by atoms with Crippen molar-refractivity contribution >= 4 is 31.9 Å². The summed E-state index contributed by atoms with van der Waals surface area (Å²) in [6.07, 6.45) is 2.01. The number of aromatic carboxylic acids is 1. The van der Waals surface area contributed by atoms with Gasteiger partial charge in [-0.05, 0) is 52.4 Å². The highest BCUT2D eigenvalue weighted by atomic mass is 79.9. The van der Waals surface area contributed by atoms with Gasteiger partial charge in [-0.25, -0.2) is 17.9 Å². The highest BCUT2D eigenvalue weighted by molar-refractivity contribution is 9.10. The molecular formula is C12H14BrNO4S. The number of hydrogen-bond donors (Lipinski definition) is 2. The van der Waals surface area contributed by atoms with Crippen LogP contribution in [0.25, 0.3) is 0 Å². The lowest BCUT2D eigenvalue weighted by Gasteiger charge is -2.12. The van der Waals surface area contributed by atoms with Gasteiger partial charge < -0.3 is 5.11 Å². The Bertz CT molecular complexity index is 623. The van der Waals surface area contributed by atoms with E-state index in [4.69, 9.17) is 5.11 Å². The number of hydrogen-bond acceptors (Lipinski definition) is 3. The van der Waals surface area contributed by atoms with Crippen molar-refractivity contribution in [2.45, 2.75) is 24.7 Å². The highest BCUT2D eigenvalue weighted by Gasteiger charge is 2.38. The van der Waals surface area contributed by atoms with E-state index in [1.54, 1.807) is 0 Å². The Labute approximate surface area is 120 Å². The summed E-state index contributed by atoms with van der Waals surface area (Å²) in [7, 11) is -3.70. The van der Waals surface area contributed by atoms with Crippen molar-refractivity contribution in [2.24, 2.45) is 5.41 Å². The average Bonchev–Trinajstić information content (AvgIpc) is 3.06. The van der Waals surface area contributed by atoms with Gasteiger partial charge in [0.05, 0.1) is 10.5 Å². The molecule has 0 amide bonds. The zero-order valence-electron chi connectivity index (χ0n) is 10.3. The monoisotopic (exact) mass is 347 g/mol. The maximum atomic E-state index is 12.2. The van der Waals surface area contributed by atoms with Crippen LogP contribution < -0.4 is 4.72 Å². The predicted octanol–water partition coefficient (Wildman–Crippen LogP) is 2.23. The number of halogens is 1. The first-order chi connectivity index (χ1) is 8.73. The third-order valence-corrected chi connectivity index (χ3v) is 5.66. The molecule has 1 aromatic carbocycles. The summed E-state index contributed by atoms with van der Waals surface area (Å²) in [4.78, 5) is 10.8. The summed E-state index contributed by atoms with van der Waals surface area (Å²) >= 11 is 3.14. The molecule has 0 aliphatic heterocycles. The minimum absolute atomic E-state index is 0.0448. The van der Waals surface area contributed by atoms with E-state index in [1.807, 2.05) is 6.92 Å². The molecule has 1 saturated carbocycles. The fourth-order valence-electron chi connectivity index (χ4n) is 1.58. The fraction of sp³-hybridized carbons (Fsp3) is 0.417. The van der Waals surface area contributed by atoms with Gasteiger partial charge in [0.2, 0.25) is 10.0 Å². The molecule has 0 spiro atoms. The van der Waals surface area contributed by atoms with Gasteiger partial charge in [0.25, 0.3) is 0 Å². The smallest absolute Gasteiger partial charge is 0.335 e. The van der Waals surface area contributed by atoms with Crippen LogP contribution in [0.2, 0.25) is 0 Å². The van der Waals surface area contributed by atoms with E-state index < -0.39 is 16.0 Å². The van der Waals surface area contributed by atoms with Gasteiger partial charge >= 0.3 is 5.97 Å². The Morgan fingerprint density at radius 2 is 2.11 bits per heavy atom. The number of carboxylic acid groups (broad SMARTS) is 1. The average molecular weight is 348 g/mol. The molecule has 0 saturated heterocycles. The second kappa shape index (κ2) is 4.88. The van der Waals surface area contributed by atoms with E-state index in [0.29, 0.717) is 11.0 Å². The largest absolute Gasteiger partial charge is 0.478 e. The van der Waals surface area contributed by atoms with Crippen LogP contribution in [0, 0.1) is 5.41 Å². The molecule has 2 N–H and O–H groups in total. The molecular weight excluding hydrogens is 334 g/mol. The van der Waals surface area contributed by atoms with E-state index in [0.717, 1.165) is 18.9 Å². The van der Waals surface area contributed by atoms with Crippen molar-refractivity contribution in [3.63, 3.8) is 0 Å². The third kappa shape index (κ3) is 3.34. The molecule has 2 rings (SSSR count). The van der Waals surface area contributed by atoms with Gasteiger partial charge in [-0.15, -0.1) is 0 Å². The molecule has 19 heavy (non-hydrogen) atoms. The number of nitrogens with one attached hydrogen (secondary N) is 1. The topological polar surface area (TPSA) is 83.5 Å². The molecule has 0 atom stereocenters. The Morgan fingerprint density at radius 1 is 1.47 bits per heavy atom. The van der Waals surface area contributed by atoms with Crippen LogP contribution in [0.15, 0.2) is 27.6 Å². The minimum atomic E-state index is -3.70. The Kier molecular flexibility index (Phi) is 3.72. The first-order valence-electron chi connectivity index (χ1n) is 5.76. The standard InChI is InChI=1S/C12H14BrNO4S/c1-12(4-5-12)7-14-19(17,18)10-6-8(11(15)16)2-3-9(10)13/h2-3,6,14H,4-5,7H2,1H3,(H,15,16). The Balaban J connectivity index is 2.28. The number of benzene rings is 1. The molecule has 5 nitrogen and oxygen atoms in total. The molecule has 1 fully saturated rings. The number of rotatable bonds is 5. The minimum Gasteiger partial charge on any atom is -0.478 e. The van der Waals surface area contributed by atoms with E-state index in [-0.39, 0.29) is 15.9 Å². The van der Waals surface area contributed by atoms with E-state index >= 15 is 0 Å². The lowest BCUT2D eigenvalue weighted by molar-refractivity contribution is 0.0696. The Morgan fingerprint density at radius 3 is 2.63 bits per heavy atom. The Hall–Kier alpha value is -0.920. The van der Waals surface area contributed by atoms with Gasteiger partial charge in [-0.1, -0.05) is 6.92 Å². The summed E-state index contributed by atoms with van der Waals surface area (Å²) in [6, 6.07) is 3.94. The third-order valence-electron chi connectivity index (χ3n) is 3.26. The second-order valence-electron chi connectivity index (χ2n) is 5.09. The normalized spacial score (nSPS) is 17.2. The molecule has 1 aromatic rings. The molecule has 104 valence electrons. The van der Waals surface area contributed by atoms with Crippen molar-refractivity contribution in [1.82, 2.24) is 4.72 Å². The van der Waals surface area contributed by atoms with Gasteiger partial charge in [0, 0.05) is 11.0 Å². The number of sulfonamides is 1. The van der Waals surface area contributed by atoms with E-state index in [9.17, 15) is 13.2 Å². The zero-order valence-corrected chi connectivity index (χ0v) is 12.7. The maximum Gasteiger partial charge on any atom is 0.335 e. The number of carbonyl (C=O) groups is 1. The van der Waals surface area contributed by atoms with Crippen LogP contribution >= 0.6 is 15.9 Å². The molecule has 0 unspecified atom stereocenters. The molecule has 0 heterocycles. The molecule has 7 heteroatoms. The lowest BCUT2D eigenvalue weighted by Crippen LogP contribution is -2.29. The fourth-order valence-corrected chi connectivity index (χ4v) is 3.77. The summed E-state index contributed by atoms with van der Waals surface area (Å²) in [5, 5.41) is 8.90. The van der Waals surface area contributed by atoms with Crippen LogP contribution in [-0.2, 0) is 10.0 Å². The molecule has 1 aliphatic carbocycles. The molecule has 0 radical (unpaired) electrons. The summed E-state index contributed by atoms with van der Waals surface area (Å²) in [5.74, 6) is -1.15. The second-order valence-corrected chi connectivity index (χ2v) is 7.68. The van der Waals surface area contributed by atoms with Crippen molar-refractivity contribution in [2.75, 3.05) is 6.54 Å². The van der Waals surface area contributed by atoms with Gasteiger partial charge in [-0.2, -0.15) is 0 Å². The van der Waals surface area contributed by atoms with Crippen molar-refractivity contribution < 1.29 is 18.3 Å². The van der Waals surface area contributed by atoms with Gasteiger partial charge in [0.1, 0.15) is 0 Å². The number of carboxylic acids is 1. The van der Waals surface area contributed by atoms with Gasteiger partial charge in [0.15, 0.2) is 0 Å². The first kappa shape index (κ1) is 14.5. The van der Waals surface area contributed by atoms with E-state index in [1.165, 1.54) is 12.1 Å². The van der Waals surface area contributed by atoms with Crippen LogP contribution in [-0.4, -0.2) is 26.0 Å². The van der Waals surface area contributed by atoms with Crippen molar-refractivity contribution in [3.05, 3.63) is 28.2 Å². The molecule has 0 bridgehead atoms. The lowest BCUT2D eigenvalue weighted by atomic mass is 10.2. The summed E-state index contributed by atoms with van der Waals surface area (Å²) in [6.45, 7) is 2.39. The molecule has 1 aliphatic rings. The molecule has 0 aromatic heterocycles. The highest BCUT2D eigenvalue weighted by Crippen LogP contribution is 2.44. The quantitative estimate of drug-likeness (QED) is 0.855. The van der Waals surface area contributed by atoms with Crippen LogP contribution in [0.4, 0.5) is 0 Å². The zero-order chi connectivity index (χ0) is 14.3. The van der Waals surface area contributed by atoms with Crippen molar-refractivity contribution in [3.8, 4) is 0 Å². The maximum absolute atomic E-state index is 12.2. The SMILES string of the molecule is CC1(CNS(=O)(=O)c2cc(C(=O)O)ccc2Br)CC1. The summed E-state index contributed by atoms with van der Waals surface area (Å²) < 4.78 is 27.2. The van der Waals surface area contributed by atoms with Crippen molar-refractivity contribution in [1.29, 1.82) is 0 Å². The van der Waals surface area contributed by atoms with Crippen LogP contribution in [0.1, 0.15) is 30.1 Å². The van der Waals surface area contributed by atoms with Crippen LogP contribution in [0.5, 0.6) is 0 Å². The van der Waals surface area contributed by atoms with Gasteiger partial charge in [-0.3, -0.25) is 0 Å². The van der Waals surface area contributed by atoms with Crippen LogP contribution in [0.3, 0.4) is 0 Å². The predicted molar refractivity (Wildman–Crippen MR) is 73.6 cm³/mol. The first-order valence-corrected chi connectivity index (χ1v) is 8.04. The summed E-state index contributed by atoms with van der Waals surface area (Å²) in [5.41, 5.74) is -0.00885. The van der Waals surface area contributed by atoms with E-state index in [2.05, 4.69) is 20.7 Å².